The zero-order valence-corrected chi connectivity index (χ0v) is 10.3. The Bertz CT molecular complexity index is 574. The zero-order valence-electron chi connectivity index (χ0n) is 10.3. The smallest absolute Gasteiger partial charge is 0.322 e. The van der Waals surface area contributed by atoms with E-state index in [2.05, 4.69) is 9.47 Å². The molecule has 0 amide bonds. The quantitative estimate of drug-likeness (QED) is 0.349. The Hall–Kier alpha value is -3.04. The van der Waals surface area contributed by atoms with Crippen molar-refractivity contribution in [3.05, 3.63) is 32.4 Å². The third-order valence-corrected chi connectivity index (χ3v) is 1.92. The van der Waals surface area contributed by atoms with Crippen LogP contribution in [0.15, 0.2) is 12.1 Å². The molecule has 0 bridgehead atoms. The fraction of sp³-hybridized carbons (Fsp3) is 0.200. The molecule has 10 heteroatoms. The van der Waals surface area contributed by atoms with Crippen molar-refractivity contribution in [2.45, 2.75) is 13.8 Å². The summed E-state index contributed by atoms with van der Waals surface area (Å²) in [7, 11) is 0. The molecule has 106 valence electrons. The maximum Gasteiger partial charge on any atom is 0.322 e. The van der Waals surface area contributed by atoms with Crippen LogP contribution in [0.3, 0.4) is 0 Å². The standard InChI is InChI=1S/C10H8N2O8/c1-5(13)19-7-3-8(11(15)16)10(20-6(2)14)9(4-7)12(17)18/h3-4H,1-2H3. The van der Waals surface area contributed by atoms with Gasteiger partial charge in [0.1, 0.15) is 5.75 Å². The minimum Gasteiger partial charge on any atom is -0.426 e. The summed E-state index contributed by atoms with van der Waals surface area (Å²) in [5, 5.41) is 21.7. The predicted octanol–water partition coefficient (Wildman–Crippen LogP) is 1.35. The first-order valence-electron chi connectivity index (χ1n) is 5.06. The van der Waals surface area contributed by atoms with Crippen molar-refractivity contribution in [3.8, 4) is 11.5 Å². The van der Waals surface area contributed by atoms with E-state index in [0.717, 1.165) is 26.0 Å². The second-order valence-electron chi connectivity index (χ2n) is 3.49. The molecule has 0 saturated heterocycles. The van der Waals surface area contributed by atoms with Gasteiger partial charge in [0.15, 0.2) is 0 Å². The molecule has 0 N–H and O–H groups in total. The summed E-state index contributed by atoms with van der Waals surface area (Å²) in [6.07, 6.45) is 0. The molecule has 0 aromatic heterocycles. The van der Waals surface area contributed by atoms with Gasteiger partial charge in [-0.1, -0.05) is 0 Å². The number of ether oxygens (including phenoxy) is 2. The van der Waals surface area contributed by atoms with Crippen LogP contribution in [0.1, 0.15) is 13.8 Å². The van der Waals surface area contributed by atoms with Gasteiger partial charge < -0.3 is 9.47 Å². The highest BCUT2D eigenvalue weighted by molar-refractivity contribution is 5.76. The minimum absolute atomic E-state index is 0.396. The van der Waals surface area contributed by atoms with E-state index in [0.29, 0.717) is 0 Å². The van der Waals surface area contributed by atoms with Gasteiger partial charge in [0.25, 0.3) is 5.75 Å². The first kappa shape index (κ1) is 15.0. The van der Waals surface area contributed by atoms with Gasteiger partial charge >= 0.3 is 23.3 Å². The second kappa shape index (κ2) is 5.73. The number of carbonyl (C=O) groups excluding carboxylic acids is 2. The molecule has 10 nitrogen and oxygen atoms in total. The van der Waals surface area contributed by atoms with Crippen molar-refractivity contribution in [3.63, 3.8) is 0 Å². The van der Waals surface area contributed by atoms with Crippen LogP contribution in [-0.4, -0.2) is 21.8 Å². The average Bonchev–Trinajstić information content (AvgIpc) is 2.28. The SMILES string of the molecule is CC(=O)Oc1cc([N+](=O)[O-])c(OC(C)=O)c([N+](=O)[O-])c1. The van der Waals surface area contributed by atoms with Crippen molar-refractivity contribution in [2.75, 3.05) is 0 Å². The summed E-state index contributed by atoms with van der Waals surface area (Å²) in [4.78, 5) is 41.4. The molecule has 0 unspecified atom stereocenters. The van der Waals surface area contributed by atoms with Crippen molar-refractivity contribution in [1.29, 1.82) is 0 Å². The first-order chi connectivity index (χ1) is 9.22. The Labute approximate surface area is 111 Å². The van der Waals surface area contributed by atoms with Gasteiger partial charge in [-0.2, -0.15) is 0 Å². The van der Waals surface area contributed by atoms with E-state index in [1.165, 1.54) is 0 Å². The van der Waals surface area contributed by atoms with E-state index >= 15 is 0 Å². The highest BCUT2D eigenvalue weighted by Gasteiger charge is 2.30. The van der Waals surface area contributed by atoms with Gasteiger partial charge in [-0.3, -0.25) is 29.8 Å². The topological polar surface area (TPSA) is 139 Å². The fourth-order valence-electron chi connectivity index (χ4n) is 1.32. The monoisotopic (exact) mass is 284 g/mol. The van der Waals surface area contributed by atoms with E-state index in [1.807, 2.05) is 0 Å². The molecule has 0 aliphatic heterocycles. The molecule has 0 radical (unpaired) electrons. The Balaban J connectivity index is 3.53. The molecule has 0 atom stereocenters. The van der Waals surface area contributed by atoms with Gasteiger partial charge in [0, 0.05) is 13.8 Å². The third kappa shape index (κ3) is 3.48. The molecule has 0 spiro atoms. The first-order valence-corrected chi connectivity index (χ1v) is 5.06. The lowest BCUT2D eigenvalue weighted by atomic mass is 10.2. The molecule has 0 aliphatic carbocycles. The van der Waals surface area contributed by atoms with Gasteiger partial charge in [0.05, 0.1) is 22.0 Å². The van der Waals surface area contributed by atoms with Crippen LogP contribution < -0.4 is 9.47 Å². The van der Waals surface area contributed by atoms with Crippen LogP contribution >= 0.6 is 0 Å². The molecule has 1 aromatic carbocycles. The number of hydrogen-bond acceptors (Lipinski definition) is 8. The van der Waals surface area contributed by atoms with Crippen LogP contribution in [0, 0.1) is 20.2 Å². The molecule has 0 fully saturated rings. The van der Waals surface area contributed by atoms with Crippen LogP contribution in [0.5, 0.6) is 11.5 Å². The lowest BCUT2D eigenvalue weighted by Crippen LogP contribution is -2.08. The van der Waals surface area contributed by atoms with E-state index in [9.17, 15) is 29.8 Å². The number of benzene rings is 1. The molecule has 0 aliphatic rings. The van der Waals surface area contributed by atoms with E-state index in [4.69, 9.17) is 0 Å². The van der Waals surface area contributed by atoms with Gasteiger partial charge in [-0.25, -0.2) is 0 Å². The predicted molar refractivity (Wildman–Crippen MR) is 62.4 cm³/mol. The molecule has 0 heterocycles. The highest BCUT2D eigenvalue weighted by Crippen LogP contribution is 2.40. The van der Waals surface area contributed by atoms with Crippen molar-refractivity contribution < 1.29 is 28.9 Å². The lowest BCUT2D eigenvalue weighted by molar-refractivity contribution is -0.395. The number of hydrogen-bond donors (Lipinski definition) is 0. The lowest BCUT2D eigenvalue weighted by Gasteiger charge is -2.06. The summed E-state index contributed by atoms with van der Waals surface area (Å²) in [5.74, 6) is -2.99. The summed E-state index contributed by atoms with van der Waals surface area (Å²) >= 11 is 0. The van der Waals surface area contributed by atoms with E-state index < -0.39 is 44.7 Å². The summed E-state index contributed by atoms with van der Waals surface area (Å²) in [6.45, 7) is 1.96. The van der Waals surface area contributed by atoms with Crippen molar-refractivity contribution in [2.24, 2.45) is 0 Å². The number of carbonyl (C=O) groups is 2. The Morgan fingerprint density at radius 1 is 0.950 bits per heavy atom. The molecule has 0 saturated carbocycles. The van der Waals surface area contributed by atoms with Gasteiger partial charge in [-0.15, -0.1) is 0 Å². The Morgan fingerprint density at radius 2 is 1.35 bits per heavy atom. The normalized spacial score (nSPS) is 9.70. The van der Waals surface area contributed by atoms with E-state index in [1.54, 1.807) is 0 Å². The number of rotatable bonds is 4. The number of nitrogens with zero attached hydrogens (tertiary/aromatic N) is 2. The second-order valence-corrected chi connectivity index (χ2v) is 3.49. The molecule has 1 rings (SSSR count). The summed E-state index contributed by atoms with van der Waals surface area (Å²) in [6, 6.07) is 1.51. The molecule has 20 heavy (non-hydrogen) atoms. The van der Waals surface area contributed by atoms with Gasteiger partial charge in [-0.05, 0) is 0 Å². The molecule has 1 aromatic rings. The zero-order chi connectivity index (χ0) is 15.4. The molecular formula is C10H8N2O8. The van der Waals surface area contributed by atoms with Crippen LogP contribution in [0.2, 0.25) is 0 Å². The fourth-order valence-corrected chi connectivity index (χ4v) is 1.32. The summed E-state index contributed by atoms with van der Waals surface area (Å²) in [5.41, 5.74) is -1.71. The maximum atomic E-state index is 10.9. The minimum atomic E-state index is -0.988. The average molecular weight is 284 g/mol. The van der Waals surface area contributed by atoms with Gasteiger partial charge in [0.2, 0.25) is 0 Å². The maximum absolute atomic E-state index is 10.9. The number of esters is 2. The van der Waals surface area contributed by atoms with Crippen LogP contribution in [0.25, 0.3) is 0 Å². The Morgan fingerprint density at radius 3 is 1.65 bits per heavy atom. The third-order valence-electron chi connectivity index (χ3n) is 1.92. The number of nitro groups is 2. The van der Waals surface area contributed by atoms with Crippen LogP contribution in [0.4, 0.5) is 11.4 Å². The van der Waals surface area contributed by atoms with Crippen molar-refractivity contribution >= 4 is 23.3 Å². The van der Waals surface area contributed by atoms with E-state index in [-0.39, 0.29) is 0 Å². The number of nitro benzene ring substituents is 2. The Kier molecular flexibility index (Phi) is 4.31. The largest absolute Gasteiger partial charge is 0.426 e. The highest BCUT2D eigenvalue weighted by atomic mass is 16.6. The van der Waals surface area contributed by atoms with Crippen LogP contribution in [-0.2, 0) is 9.59 Å². The summed E-state index contributed by atoms with van der Waals surface area (Å²) < 4.78 is 9.06. The van der Waals surface area contributed by atoms with Crippen molar-refractivity contribution in [1.82, 2.24) is 0 Å². The molecular weight excluding hydrogens is 276 g/mol.